The molecule has 4 bridgehead atoms. The van der Waals surface area contributed by atoms with Gasteiger partial charge in [0.2, 0.25) is 0 Å². The smallest absolute Gasteiger partial charge is 0.0476 e. The summed E-state index contributed by atoms with van der Waals surface area (Å²) >= 11 is 1.88. The van der Waals surface area contributed by atoms with Crippen LogP contribution in [0.2, 0.25) is 0 Å². The molecular weight excluding hydrogens is 755 g/mol. The van der Waals surface area contributed by atoms with Gasteiger partial charge in [-0.15, -0.1) is 11.3 Å². The van der Waals surface area contributed by atoms with Gasteiger partial charge < -0.3 is 4.90 Å². The van der Waals surface area contributed by atoms with Crippen LogP contribution in [0.4, 0.5) is 17.1 Å². The Bertz CT molecular complexity index is 3340. The number of benzene rings is 8. The molecule has 292 valence electrons. The van der Waals surface area contributed by atoms with Gasteiger partial charge in [-0.25, -0.2) is 0 Å². The van der Waals surface area contributed by atoms with Gasteiger partial charge in [0.1, 0.15) is 0 Å². The minimum atomic E-state index is 0.285. The highest BCUT2D eigenvalue weighted by molar-refractivity contribution is 7.25. The maximum Gasteiger partial charge on any atom is 0.0476 e. The summed E-state index contributed by atoms with van der Waals surface area (Å²) in [6.45, 7) is 0. The largest absolute Gasteiger partial charge is 0.310 e. The summed E-state index contributed by atoms with van der Waals surface area (Å²) in [5.74, 6) is 3.58. The first-order chi connectivity index (χ1) is 30.2. The van der Waals surface area contributed by atoms with Gasteiger partial charge in [0.25, 0.3) is 0 Å². The minimum absolute atomic E-state index is 0.285. The Labute approximate surface area is 361 Å². The van der Waals surface area contributed by atoms with Crippen molar-refractivity contribution in [3.05, 3.63) is 198 Å². The molecule has 8 aromatic carbocycles. The minimum Gasteiger partial charge on any atom is -0.310 e. The summed E-state index contributed by atoms with van der Waals surface area (Å²) in [5.41, 5.74) is 15.7. The molecule has 4 fully saturated rings. The molecule has 0 amide bonds. The molecule has 1 nitrogen and oxygen atoms in total. The Morgan fingerprint density at radius 3 is 2.10 bits per heavy atom. The first kappa shape index (κ1) is 34.5. The zero-order chi connectivity index (χ0) is 39.8. The average molecular weight is 800 g/mol. The van der Waals surface area contributed by atoms with Gasteiger partial charge >= 0.3 is 0 Å². The highest BCUT2D eigenvalue weighted by atomic mass is 32.1. The zero-order valence-corrected chi connectivity index (χ0v) is 35.0. The van der Waals surface area contributed by atoms with E-state index >= 15 is 0 Å². The second-order valence-electron chi connectivity index (χ2n) is 18.8. The Kier molecular flexibility index (Phi) is 7.29. The van der Waals surface area contributed by atoms with Crippen LogP contribution in [-0.2, 0) is 5.41 Å². The Morgan fingerprint density at radius 2 is 1.21 bits per heavy atom. The van der Waals surface area contributed by atoms with Crippen molar-refractivity contribution in [2.24, 2.45) is 23.7 Å². The van der Waals surface area contributed by atoms with Crippen LogP contribution in [0.3, 0.4) is 0 Å². The summed E-state index contributed by atoms with van der Waals surface area (Å²) < 4.78 is 2.64. The SMILES string of the molecule is C1=C(c2cc3ccccc3c3cc(N(c4ccc(-c5ccccc5)cc4)c4ccc5c(c4)sc4ccccc45)ccc23)CCC2=C1c1ccccc1C21C2CC3CC(C2)C1C3. The van der Waals surface area contributed by atoms with E-state index in [1.807, 2.05) is 11.3 Å². The van der Waals surface area contributed by atoms with Crippen LogP contribution in [0.1, 0.15) is 55.2 Å². The molecule has 61 heavy (non-hydrogen) atoms. The van der Waals surface area contributed by atoms with Gasteiger partial charge in [0.05, 0.1) is 0 Å². The number of hydrogen-bond acceptors (Lipinski definition) is 2. The molecule has 0 radical (unpaired) electrons. The highest BCUT2D eigenvalue weighted by Gasteiger charge is 2.66. The van der Waals surface area contributed by atoms with E-state index in [-0.39, 0.29) is 5.41 Å². The van der Waals surface area contributed by atoms with Crippen molar-refractivity contribution < 1.29 is 0 Å². The van der Waals surface area contributed by atoms with E-state index in [9.17, 15) is 0 Å². The molecular formula is C59H45NS. The van der Waals surface area contributed by atoms with Crippen LogP contribution < -0.4 is 4.90 Å². The van der Waals surface area contributed by atoms with E-state index in [0.29, 0.717) is 0 Å². The Balaban J connectivity index is 0.939. The lowest BCUT2D eigenvalue weighted by molar-refractivity contribution is 0.183. The Hall–Kier alpha value is -6.22. The first-order valence-corrected chi connectivity index (χ1v) is 23.4. The number of nitrogens with zero attached hydrogens (tertiary/aromatic N) is 1. The van der Waals surface area contributed by atoms with Crippen LogP contribution in [0, 0.1) is 23.7 Å². The normalized spacial score (nSPS) is 23.4. The number of rotatable bonds is 5. The number of hydrogen-bond donors (Lipinski definition) is 0. The van der Waals surface area contributed by atoms with Gasteiger partial charge in [-0.3, -0.25) is 0 Å². The van der Waals surface area contributed by atoms with Gasteiger partial charge in [-0.1, -0.05) is 133 Å². The molecule has 0 N–H and O–H groups in total. The molecule has 4 saturated carbocycles. The van der Waals surface area contributed by atoms with Crippen LogP contribution >= 0.6 is 11.3 Å². The fourth-order valence-corrected chi connectivity index (χ4v) is 14.9. The van der Waals surface area contributed by atoms with Crippen molar-refractivity contribution in [3.8, 4) is 11.1 Å². The fraction of sp³-hybridized carbons (Fsp3) is 0.186. The van der Waals surface area contributed by atoms with E-state index in [1.54, 1.807) is 16.7 Å². The molecule has 6 aliphatic carbocycles. The number of fused-ring (bicyclic) bond motifs is 8. The van der Waals surface area contributed by atoms with Crippen LogP contribution in [0.5, 0.6) is 0 Å². The third-order valence-corrected chi connectivity index (χ3v) is 17.1. The third kappa shape index (κ3) is 4.89. The van der Waals surface area contributed by atoms with Crippen LogP contribution in [0.15, 0.2) is 182 Å². The zero-order valence-electron chi connectivity index (χ0n) is 34.2. The third-order valence-electron chi connectivity index (χ3n) is 16.0. The summed E-state index contributed by atoms with van der Waals surface area (Å²) in [5, 5.41) is 7.92. The molecule has 1 spiro atoms. The summed E-state index contributed by atoms with van der Waals surface area (Å²) in [7, 11) is 0. The van der Waals surface area contributed by atoms with Crippen molar-refractivity contribution in [2.75, 3.05) is 4.90 Å². The molecule has 15 rings (SSSR count). The molecule has 0 aliphatic heterocycles. The second kappa shape index (κ2) is 12.9. The van der Waals surface area contributed by atoms with E-state index in [4.69, 9.17) is 0 Å². The lowest BCUT2D eigenvalue weighted by Gasteiger charge is -2.45. The number of anilines is 3. The lowest BCUT2D eigenvalue weighted by Crippen LogP contribution is -2.41. The second-order valence-corrected chi connectivity index (χ2v) is 19.8. The average Bonchev–Trinajstić information content (AvgIpc) is 4.00. The van der Waals surface area contributed by atoms with Crippen molar-refractivity contribution >= 4 is 81.3 Å². The van der Waals surface area contributed by atoms with Crippen LogP contribution in [-0.4, -0.2) is 0 Å². The maximum atomic E-state index is 2.66. The van der Waals surface area contributed by atoms with Gasteiger partial charge in [0, 0.05) is 42.6 Å². The predicted octanol–water partition coefficient (Wildman–Crippen LogP) is 16.4. The van der Waals surface area contributed by atoms with Crippen molar-refractivity contribution in [1.82, 2.24) is 0 Å². The topological polar surface area (TPSA) is 3.24 Å². The molecule has 5 atom stereocenters. The number of thiophene rings is 1. The maximum absolute atomic E-state index is 2.66. The van der Waals surface area contributed by atoms with Gasteiger partial charge in [0.15, 0.2) is 0 Å². The molecule has 0 saturated heterocycles. The van der Waals surface area contributed by atoms with E-state index in [1.165, 1.54) is 113 Å². The van der Waals surface area contributed by atoms with E-state index in [0.717, 1.165) is 35.8 Å². The first-order valence-electron chi connectivity index (χ1n) is 22.6. The quantitative estimate of drug-likeness (QED) is 0.157. The van der Waals surface area contributed by atoms with Crippen molar-refractivity contribution in [2.45, 2.75) is 43.9 Å². The fourth-order valence-electron chi connectivity index (χ4n) is 13.8. The van der Waals surface area contributed by atoms with E-state index in [2.05, 4.69) is 181 Å². The van der Waals surface area contributed by atoms with Crippen molar-refractivity contribution in [3.63, 3.8) is 0 Å². The summed E-state index contributed by atoms with van der Waals surface area (Å²) in [6, 6.07) is 64.1. The molecule has 1 aromatic heterocycles. The van der Waals surface area contributed by atoms with E-state index < -0.39 is 0 Å². The lowest BCUT2D eigenvalue weighted by atomic mass is 9.58. The predicted molar refractivity (Wildman–Crippen MR) is 259 cm³/mol. The molecule has 6 aliphatic rings. The molecule has 2 heteroatoms. The summed E-state index contributed by atoms with van der Waals surface area (Å²) in [4.78, 5) is 2.47. The molecule has 9 aromatic rings. The number of allylic oxidation sites excluding steroid dienone is 4. The molecule has 1 heterocycles. The standard InChI is InChI=1S/C59H45NS/c1-2-10-37(11-3-1)38-18-21-43(22-19-38)60(45-24-26-50-49-15-7-9-17-57(49)61-58(50)35-45)44-23-25-47-51(32-39-12-4-5-13-46(39)52(47)34-44)40-20-27-55-53(33-40)48-14-6-8-16-54(48)59(55)42-29-36-28-41(31-42)56(59)30-36/h1-19,21-26,32-36,41-42,56H,20,27-31H2. The highest BCUT2D eigenvalue weighted by Crippen LogP contribution is 2.73. The van der Waals surface area contributed by atoms with Crippen LogP contribution in [0.25, 0.3) is 64.0 Å². The molecule has 5 unspecified atom stereocenters. The summed E-state index contributed by atoms with van der Waals surface area (Å²) in [6.07, 6.45) is 10.8. The monoisotopic (exact) mass is 799 g/mol. The van der Waals surface area contributed by atoms with Gasteiger partial charge in [-0.05, 0) is 171 Å². The Morgan fingerprint density at radius 1 is 0.492 bits per heavy atom. The van der Waals surface area contributed by atoms with Crippen molar-refractivity contribution in [1.29, 1.82) is 0 Å². The van der Waals surface area contributed by atoms with Gasteiger partial charge in [-0.2, -0.15) is 0 Å².